The highest BCUT2D eigenvalue weighted by Crippen LogP contribution is 2.45. The summed E-state index contributed by atoms with van der Waals surface area (Å²) in [5.74, 6) is -1.69. The van der Waals surface area contributed by atoms with Crippen molar-refractivity contribution in [2.24, 2.45) is 0 Å². The van der Waals surface area contributed by atoms with Gasteiger partial charge in [-0.3, -0.25) is 14.5 Å². The van der Waals surface area contributed by atoms with E-state index in [0.717, 1.165) is 27.1 Å². The predicted octanol–water partition coefficient (Wildman–Crippen LogP) is 5.90. The van der Waals surface area contributed by atoms with Gasteiger partial charge in [-0.1, -0.05) is 60.7 Å². The van der Waals surface area contributed by atoms with Crippen LogP contribution in [0.1, 0.15) is 38.8 Å². The Hall–Kier alpha value is -5.31. The number of imide groups is 1. The number of nitrogens with zero attached hydrogens (tertiary/aromatic N) is 2. The summed E-state index contributed by atoms with van der Waals surface area (Å²) in [6.07, 6.45) is 0.568. The van der Waals surface area contributed by atoms with Crippen molar-refractivity contribution in [3.8, 4) is 0 Å². The molecule has 0 bridgehead atoms. The maximum atomic E-state index is 14.2. The molecule has 9 heteroatoms. The van der Waals surface area contributed by atoms with E-state index in [9.17, 15) is 23.2 Å². The number of amides is 4. The second-order valence-electron chi connectivity index (χ2n) is 10.7. The fourth-order valence-corrected chi connectivity index (χ4v) is 6.26. The van der Waals surface area contributed by atoms with Crippen LogP contribution in [-0.2, 0) is 17.6 Å². The summed E-state index contributed by atoms with van der Waals surface area (Å²) < 4.78 is 28.0. The molecule has 2 N–H and O–H groups in total. The van der Waals surface area contributed by atoms with Gasteiger partial charge in [0.25, 0.3) is 11.8 Å². The second kappa shape index (κ2) is 10.5. The number of benzene rings is 4. The Balaban J connectivity index is 1.24. The van der Waals surface area contributed by atoms with Crippen molar-refractivity contribution in [1.29, 1.82) is 0 Å². The molecule has 4 aromatic carbocycles. The van der Waals surface area contributed by atoms with Crippen molar-refractivity contribution >= 4 is 34.4 Å². The van der Waals surface area contributed by atoms with Gasteiger partial charge >= 0.3 is 6.03 Å². The van der Waals surface area contributed by atoms with E-state index in [-0.39, 0.29) is 36.5 Å². The highest BCUT2D eigenvalue weighted by atomic mass is 19.1. The van der Waals surface area contributed by atoms with Crippen LogP contribution in [0, 0.1) is 11.6 Å². The van der Waals surface area contributed by atoms with Gasteiger partial charge in [0.15, 0.2) is 0 Å². The van der Waals surface area contributed by atoms with Gasteiger partial charge in [0, 0.05) is 29.6 Å². The Kier molecular flexibility index (Phi) is 6.50. The Morgan fingerprint density at radius 2 is 1.60 bits per heavy atom. The topological polar surface area (TPSA) is 85.5 Å². The normalized spacial score (nSPS) is 17.7. The minimum absolute atomic E-state index is 0.153. The number of H-pyrrole nitrogens is 1. The van der Waals surface area contributed by atoms with E-state index in [1.807, 2.05) is 24.3 Å². The van der Waals surface area contributed by atoms with Gasteiger partial charge < -0.3 is 10.3 Å². The molecule has 214 valence electrons. The maximum Gasteiger partial charge on any atom is 0.332 e. The van der Waals surface area contributed by atoms with Crippen LogP contribution in [0.5, 0.6) is 0 Å². The number of halogens is 2. The monoisotopic (exact) mass is 576 g/mol. The highest BCUT2D eigenvalue weighted by Gasteiger charge is 2.53. The van der Waals surface area contributed by atoms with Gasteiger partial charge in [-0.05, 0) is 59.5 Å². The summed E-state index contributed by atoms with van der Waals surface area (Å²) in [5.41, 5.74) is 4.03. The Labute approximate surface area is 245 Å². The smallest absolute Gasteiger partial charge is 0.332 e. The van der Waals surface area contributed by atoms with Crippen molar-refractivity contribution in [2.75, 3.05) is 11.4 Å². The number of hydrogen-bond donors (Lipinski definition) is 2. The highest BCUT2D eigenvalue weighted by molar-refractivity contribution is 6.24. The molecular weight excluding hydrogens is 550 g/mol. The number of carbonyl (C=O) groups is 3. The summed E-state index contributed by atoms with van der Waals surface area (Å²) in [5, 5.41) is 3.75. The van der Waals surface area contributed by atoms with Crippen molar-refractivity contribution < 1.29 is 23.2 Å². The van der Waals surface area contributed by atoms with Crippen LogP contribution >= 0.6 is 0 Å². The summed E-state index contributed by atoms with van der Waals surface area (Å²) in [6.45, 7) is 0.166. The minimum Gasteiger partial charge on any atom is -0.356 e. The molecule has 2 atom stereocenters. The zero-order chi connectivity index (χ0) is 29.7. The number of aromatic amines is 1. The summed E-state index contributed by atoms with van der Waals surface area (Å²) in [7, 11) is 0. The molecule has 2 aliphatic heterocycles. The van der Waals surface area contributed by atoms with Crippen LogP contribution in [0.25, 0.3) is 10.9 Å². The molecule has 43 heavy (non-hydrogen) atoms. The average molecular weight is 577 g/mol. The zero-order valence-electron chi connectivity index (χ0n) is 22.9. The minimum atomic E-state index is -0.827. The number of aromatic nitrogens is 1. The predicted molar refractivity (Wildman–Crippen MR) is 158 cm³/mol. The van der Waals surface area contributed by atoms with Crippen molar-refractivity contribution in [3.63, 3.8) is 0 Å². The number of anilines is 1. The first-order chi connectivity index (χ1) is 20.9. The standard InChI is InChI=1S/C34H26F2N4O3/c35-22-15-13-21(14-16-22)31-30-25(23-8-2-5-11-27(23)38-30)19-29-33(42)40(34(43)39(29)31)28-12-6-3-9-24(28)32(41)37-18-17-20-7-1-4-10-26(20)36/h1-16,29,31,38H,17-19H2,(H,37,41)/t29-,31?/m0/s1. The van der Waals surface area contributed by atoms with Crippen LogP contribution in [0.2, 0.25) is 0 Å². The molecule has 2 aliphatic rings. The SMILES string of the molecule is O=C(NCCc1ccccc1F)c1ccccc1N1C(=O)[C@@H]2Cc3c([nH]c4ccccc34)C(c3ccc(F)cc3)N2C1=O. The van der Waals surface area contributed by atoms with E-state index >= 15 is 0 Å². The van der Waals surface area contributed by atoms with Crippen LogP contribution < -0.4 is 10.2 Å². The Morgan fingerprint density at radius 1 is 0.884 bits per heavy atom. The number of fused-ring (bicyclic) bond motifs is 4. The zero-order valence-corrected chi connectivity index (χ0v) is 22.9. The molecule has 3 heterocycles. The van der Waals surface area contributed by atoms with E-state index in [4.69, 9.17) is 0 Å². The van der Waals surface area contributed by atoms with Crippen molar-refractivity contribution in [3.05, 3.63) is 137 Å². The third kappa shape index (κ3) is 4.44. The van der Waals surface area contributed by atoms with E-state index < -0.39 is 35.7 Å². The van der Waals surface area contributed by atoms with Gasteiger partial charge in [0.05, 0.1) is 11.3 Å². The van der Waals surface area contributed by atoms with Gasteiger partial charge in [-0.2, -0.15) is 0 Å². The molecular formula is C34H26F2N4O3. The van der Waals surface area contributed by atoms with Crippen LogP contribution in [0.4, 0.5) is 19.3 Å². The van der Waals surface area contributed by atoms with Crippen LogP contribution in [0.15, 0.2) is 97.1 Å². The quantitative estimate of drug-likeness (QED) is 0.247. The molecule has 0 aliphatic carbocycles. The van der Waals surface area contributed by atoms with Crippen LogP contribution in [-0.4, -0.2) is 40.3 Å². The molecule has 1 aromatic heterocycles. The number of carbonyl (C=O) groups excluding carboxylic acids is 3. The lowest BCUT2D eigenvalue weighted by Gasteiger charge is -2.36. The van der Waals surface area contributed by atoms with Crippen molar-refractivity contribution in [1.82, 2.24) is 15.2 Å². The first-order valence-corrected chi connectivity index (χ1v) is 14.0. The van der Waals surface area contributed by atoms with Crippen molar-refractivity contribution in [2.45, 2.75) is 24.9 Å². The van der Waals surface area contributed by atoms with Gasteiger partial charge in [-0.15, -0.1) is 0 Å². The number of rotatable bonds is 6. The molecule has 0 saturated carbocycles. The number of urea groups is 1. The largest absolute Gasteiger partial charge is 0.356 e. The Bertz CT molecular complexity index is 1900. The van der Waals surface area contributed by atoms with E-state index in [2.05, 4.69) is 10.3 Å². The average Bonchev–Trinajstić information content (AvgIpc) is 3.51. The molecule has 5 aromatic rings. The van der Waals surface area contributed by atoms with Crippen LogP contribution in [0.3, 0.4) is 0 Å². The molecule has 1 fully saturated rings. The lowest BCUT2D eigenvalue weighted by atomic mass is 9.89. The van der Waals surface area contributed by atoms with Gasteiger partial charge in [0.1, 0.15) is 23.7 Å². The lowest BCUT2D eigenvalue weighted by molar-refractivity contribution is -0.120. The summed E-state index contributed by atoms with van der Waals surface area (Å²) >= 11 is 0. The van der Waals surface area contributed by atoms with E-state index in [1.165, 1.54) is 23.1 Å². The molecule has 1 saturated heterocycles. The number of para-hydroxylation sites is 2. The van der Waals surface area contributed by atoms with E-state index in [1.54, 1.807) is 54.6 Å². The Morgan fingerprint density at radius 3 is 2.42 bits per heavy atom. The fraction of sp³-hybridized carbons (Fsp3) is 0.147. The summed E-state index contributed by atoms with van der Waals surface area (Å²) in [6, 6.07) is 24.4. The van der Waals surface area contributed by atoms with Gasteiger partial charge in [0.2, 0.25) is 0 Å². The van der Waals surface area contributed by atoms with E-state index in [0.29, 0.717) is 11.1 Å². The maximum absolute atomic E-state index is 14.2. The number of hydrogen-bond acceptors (Lipinski definition) is 3. The molecule has 7 rings (SSSR count). The molecule has 7 nitrogen and oxygen atoms in total. The third-order valence-corrected chi connectivity index (χ3v) is 8.26. The second-order valence-corrected chi connectivity index (χ2v) is 10.7. The third-order valence-electron chi connectivity index (χ3n) is 8.26. The first-order valence-electron chi connectivity index (χ1n) is 14.0. The molecule has 0 spiro atoms. The lowest BCUT2D eigenvalue weighted by Crippen LogP contribution is -2.44. The molecule has 4 amide bonds. The molecule has 0 radical (unpaired) electrons. The first kappa shape index (κ1) is 26.6. The van der Waals surface area contributed by atoms with Gasteiger partial charge in [-0.25, -0.2) is 18.5 Å². The summed E-state index contributed by atoms with van der Waals surface area (Å²) in [4.78, 5) is 47.6. The number of nitrogens with one attached hydrogen (secondary N) is 2. The fourth-order valence-electron chi connectivity index (χ4n) is 6.26. The molecule has 1 unspecified atom stereocenters.